The molecule has 2 saturated heterocycles. The van der Waals surface area contributed by atoms with Gasteiger partial charge in [0.15, 0.2) is 11.6 Å². The van der Waals surface area contributed by atoms with Gasteiger partial charge in [0, 0.05) is 49.4 Å². The minimum absolute atomic E-state index is 0.130. The second-order valence-corrected chi connectivity index (χ2v) is 10.5. The van der Waals surface area contributed by atoms with E-state index in [0.717, 1.165) is 6.07 Å². The lowest BCUT2D eigenvalue weighted by Gasteiger charge is -2.41. The predicted molar refractivity (Wildman–Crippen MR) is 144 cm³/mol. The number of cyclic esters (lactones) is 1. The van der Waals surface area contributed by atoms with Crippen LogP contribution in [0.25, 0.3) is 0 Å². The molecule has 2 heterocycles. The van der Waals surface area contributed by atoms with Crippen molar-refractivity contribution in [1.29, 1.82) is 0 Å². The summed E-state index contributed by atoms with van der Waals surface area (Å²) in [4.78, 5) is 41.3. The number of ether oxygens (including phenoxy) is 1. The van der Waals surface area contributed by atoms with Crippen LogP contribution < -0.4 is 15.5 Å². The first kappa shape index (κ1) is 31.3. The van der Waals surface area contributed by atoms with Crippen molar-refractivity contribution in [3.05, 3.63) is 58.1 Å². The Bertz CT molecular complexity index is 1340. The number of hydrogen-bond acceptors (Lipinski definition) is 6. The number of halogens is 6. The number of hydrogen-bond donors (Lipinski definition) is 2. The second kappa shape index (κ2) is 13.1. The first-order chi connectivity index (χ1) is 19.8. The van der Waals surface area contributed by atoms with Gasteiger partial charge in [0.2, 0.25) is 5.91 Å². The first-order valence-corrected chi connectivity index (χ1v) is 13.5. The van der Waals surface area contributed by atoms with Crippen LogP contribution in [0, 0.1) is 11.6 Å². The topological polar surface area (TPSA) is 94.2 Å². The summed E-state index contributed by atoms with van der Waals surface area (Å²) in [5, 5.41) is 5.33. The van der Waals surface area contributed by atoms with Gasteiger partial charge in [0.1, 0.15) is 13.2 Å². The molecule has 15 heteroatoms. The van der Waals surface area contributed by atoms with E-state index in [0.29, 0.717) is 30.3 Å². The number of amides is 3. The maximum atomic E-state index is 15.0. The molecular weight excluding hydrogens is 589 g/mol. The average molecular weight is 618 g/mol. The van der Waals surface area contributed by atoms with Crippen molar-refractivity contribution in [2.45, 2.75) is 32.1 Å². The van der Waals surface area contributed by atoms with Crippen molar-refractivity contribution >= 4 is 40.9 Å². The highest BCUT2D eigenvalue weighted by molar-refractivity contribution is 6.31. The molecule has 3 amide bonds. The van der Waals surface area contributed by atoms with Gasteiger partial charge in [-0.25, -0.2) is 13.6 Å². The van der Waals surface area contributed by atoms with Crippen molar-refractivity contribution in [2.24, 2.45) is 0 Å². The monoisotopic (exact) mass is 617 g/mol. The molecule has 0 spiro atoms. The molecule has 2 fully saturated rings. The zero-order valence-corrected chi connectivity index (χ0v) is 23.3. The standard InChI is InChI=1S/C27H29ClF5N5O4/c1-16-14-37(9-8-36(16)7-6-27(31,32)33)21-12-18(28)3-5-20(21)35-25(40)19-4-2-17(23(29)24(19)30)13-34-22(39)15-38-10-11-42-26(38)41/h2-5,12,16H,6-11,13-15H2,1H3,(H,34,39)(H,35,40)/t16-/m0/s1. The van der Waals surface area contributed by atoms with Crippen molar-refractivity contribution in [3.63, 3.8) is 0 Å². The summed E-state index contributed by atoms with van der Waals surface area (Å²) in [5.41, 5.74) is -0.0308. The molecule has 2 aromatic carbocycles. The van der Waals surface area contributed by atoms with E-state index in [1.54, 1.807) is 17.9 Å². The van der Waals surface area contributed by atoms with Crippen LogP contribution in [0.15, 0.2) is 30.3 Å². The third kappa shape index (κ3) is 7.79. The van der Waals surface area contributed by atoms with E-state index < -0.39 is 47.7 Å². The summed E-state index contributed by atoms with van der Waals surface area (Å²) in [6.07, 6.45) is -5.82. The Kier molecular flexibility index (Phi) is 9.77. The molecule has 0 aromatic heterocycles. The lowest BCUT2D eigenvalue weighted by atomic mass is 10.1. The lowest BCUT2D eigenvalue weighted by molar-refractivity contribution is -0.139. The molecule has 1 atom stereocenters. The molecule has 228 valence electrons. The summed E-state index contributed by atoms with van der Waals surface area (Å²) < 4.78 is 72.6. The summed E-state index contributed by atoms with van der Waals surface area (Å²) in [5.74, 6) is -4.26. The molecule has 0 radical (unpaired) electrons. The minimum Gasteiger partial charge on any atom is -0.448 e. The van der Waals surface area contributed by atoms with Gasteiger partial charge in [-0.05, 0) is 31.2 Å². The zero-order valence-electron chi connectivity index (χ0n) is 22.6. The van der Waals surface area contributed by atoms with Crippen molar-refractivity contribution in [2.75, 3.05) is 56.1 Å². The molecule has 0 unspecified atom stereocenters. The lowest BCUT2D eigenvalue weighted by Crippen LogP contribution is -2.52. The fraction of sp³-hybridized carbons (Fsp3) is 0.444. The van der Waals surface area contributed by atoms with Gasteiger partial charge in [0.05, 0.1) is 29.9 Å². The van der Waals surface area contributed by atoms with Crippen LogP contribution in [0.2, 0.25) is 5.02 Å². The summed E-state index contributed by atoms with van der Waals surface area (Å²) in [7, 11) is 0. The Morgan fingerprint density at radius 1 is 1.10 bits per heavy atom. The van der Waals surface area contributed by atoms with E-state index in [9.17, 15) is 36.3 Å². The summed E-state index contributed by atoms with van der Waals surface area (Å²) in [6, 6.07) is 6.62. The average Bonchev–Trinajstić information content (AvgIpc) is 3.33. The largest absolute Gasteiger partial charge is 0.448 e. The Labute approximate surface area is 243 Å². The van der Waals surface area contributed by atoms with Crippen LogP contribution in [0.1, 0.15) is 29.3 Å². The molecule has 4 rings (SSSR count). The molecule has 0 saturated carbocycles. The maximum Gasteiger partial charge on any atom is 0.410 e. The van der Waals surface area contributed by atoms with Crippen LogP contribution in [-0.4, -0.2) is 85.8 Å². The van der Waals surface area contributed by atoms with Crippen LogP contribution in [-0.2, 0) is 16.1 Å². The third-order valence-electron chi connectivity index (χ3n) is 7.06. The minimum atomic E-state index is -4.26. The molecule has 9 nitrogen and oxygen atoms in total. The van der Waals surface area contributed by atoms with E-state index in [1.165, 1.54) is 23.1 Å². The van der Waals surface area contributed by atoms with Gasteiger partial charge in [0.25, 0.3) is 5.91 Å². The fourth-order valence-electron chi connectivity index (χ4n) is 4.77. The number of carbonyl (C=O) groups excluding carboxylic acids is 3. The Morgan fingerprint density at radius 2 is 1.86 bits per heavy atom. The van der Waals surface area contributed by atoms with Crippen LogP contribution >= 0.6 is 11.6 Å². The van der Waals surface area contributed by atoms with E-state index in [1.807, 2.05) is 4.90 Å². The number of alkyl halides is 3. The number of rotatable bonds is 9. The highest BCUT2D eigenvalue weighted by atomic mass is 35.5. The van der Waals surface area contributed by atoms with E-state index in [-0.39, 0.29) is 50.1 Å². The molecule has 2 aromatic rings. The van der Waals surface area contributed by atoms with Gasteiger partial charge in [-0.15, -0.1) is 0 Å². The fourth-order valence-corrected chi connectivity index (χ4v) is 4.94. The molecule has 2 aliphatic heterocycles. The van der Waals surface area contributed by atoms with Crippen LogP contribution in [0.5, 0.6) is 0 Å². The van der Waals surface area contributed by atoms with E-state index in [4.69, 9.17) is 16.3 Å². The van der Waals surface area contributed by atoms with Gasteiger partial charge < -0.3 is 20.3 Å². The molecule has 0 aliphatic carbocycles. The molecular formula is C27H29ClF5N5O4. The second-order valence-electron chi connectivity index (χ2n) is 10.0. The molecule has 42 heavy (non-hydrogen) atoms. The smallest absolute Gasteiger partial charge is 0.410 e. The number of piperazine rings is 1. The molecule has 2 N–H and O–H groups in total. The van der Waals surface area contributed by atoms with Crippen LogP contribution in [0.4, 0.5) is 38.1 Å². The zero-order chi connectivity index (χ0) is 30.6. The Hall–Kier alpha value is -3.65. The summed E-state index contributed by atoms with van der Waals surface area (Å²) in [6.45, 7) is 2.45. The number of nitrogens with zero attached hydrogens (tertiary/aromatic N) is 3. The number of carbonyl (C=O) groups is 3. The van der Waals surface area contributed by atoms with E-state index >= 15 is 0 Å². The normalized spacial score (nSPS) is 17.8. The van der Waals surface area contributed by atoms with E-state index in [2.05, 4.69) is 10.6 Å². The predicted octanol–water partition coefficient (Wildman–Crippen LogP) is 4.40. The Morgan fingerprint density at radius 3 is 2.52 bits per heavy atom. The van der Waals surface area contributed by atoms with Crippen molar-refractivity contribution < 1.29 is 41.1 Å². The van der Waals surface area contributed by atoms with Crippen LogP contribution in [0.3, 0.4) is 0 Å². The molecule has 2 aliphatic rings. The number of nitrogens with one attached hydrogen (secondary N) is 2. The SMILES string of the molecule is C[C@H]1CN(c2cc(Cl)ccc2NC(=O)c2ccc(CNC(=O)CN3CCOC3=O)c(F)c2F)CCN1CCC(F)(F)F. The van der Waals surface area contributed by atoms with Crippen molar-refractivity contribution in [1.82, 2.24) is 15.1 Å². The van der Waals surface area contributed by atoms with Gasteiger partial charge in [-0.1, -0.05) is 17.7 Å². The highest BCUT2D eigenvalue weighted by Crippen LogP contribution is 2.32. The van der Waals surface area contributed by atoms with Gasteiger partial charge in [-0.2, -0.15) is 13.2 Å². The third-order valence-corrected chi connectivity index (χ3v) is 7.29. The van der Waals surface area contributed by atoms with Gasteiger partial charge in [-0.3, -0.25) is 19.4 Å². The van der Waals surface area contributed by atoms with Gasteiger partial charge >= 0.3 is 12.3 Å². The summed E-state index contributed by atoms with van der Waals surface area (Å²) >= 11 is 6.18. The molecule has 0 bridgehead atoms. The Balaban J connectivity index is 1.41. The van der Waals surface area contributed by atoms with Crippen molar-refractivity contribution in [3.8, 4) is 0 Å². The number of anilines is 2. The maximum absolute atomic E-state index is 15.0. The highest BCUT2D eigenvalue weighted by Gasteiger charge is 2.32. The quantitative estimate of drug-likeness (QED) is 0.405. The number of benzene rings is 2. The first-order valence-electron chi connectivity index (χ1n) is 13.1.